The zero-order valence-corrected chi connectivity index (χ0v) is 29.4. The topological polar surface area (TPSA) is 125 Å². The number of nitrogens with one attached hydrogen (secondary N) is 1. The third-order valence-electron chi connectivity index (χ3n) is 10.5. The quantitative estimate of drug-likeness (QED) is 0.170. The van der Waals surface area contributed by atoms with Crippen molar-refractivity contribution in [2.24, 2.45) is 0 Å². The molecule has 0 bridgehead atoms. The molecule has 0 saturated carbocycles. The predicted octanol–water partition coefficient (Wildman–Crippen LogP) is 6.66. The van der Waals surface area contributed by atoms with Crippen molar-refractivity contribution >= 4 is 50.2 Å². The van der Waals surface area contributed by atoms with Gasteiger partial charge in [-0.3, -0.25) is 14.6 Å². The first-order chi connectivity index (χ1) is 24.2. The highest BCUT2D eigenvalue weighted by Crippen LogP contribution is 2.44. The number of aromatic nitrogens is 5. The van der Waals surface area contributed by atoms with E-state index in [-0.39, 0.29) is 46.6 Å². The maximum absolute atomic E-state index is 17.2. The summed E-state index contributed by atoms with van der Waals surface area (Å²) < 4.78 is 30.6. The molecule has 260 valence electrons. The Morgan fingerprint density at radius 3 is 2.76 bits per heavy atom. The molecule has 0 radical (unpaired) electrons. The first-order valence-corrected chi connectivity index (χ1v) is 17.4. The number of amides is 1. The molecule has 13 heteroatoms. The largest absolute Gasteiger partial charge is 0.475 e. The second-order valence-electron chi connectivity index (χ2n) is 13.4. The number of halogens is 2. The van der Waals surface area contributed by atoms with Crippen molar-refractivity contribution in [1.82, 2.24) is 34.8 Å². The van der Waals surface area contributed by atoms with Gasteiger partial charge in [-0.05, 0) is 76.4 Å². The minimum Gasteiger partial charge on any atom is -0.475 e. The molecular formula is C37H40ClFN8O3. The number of likely N-dealkylation sites (tertiary alicyclic amines) is 2. The van der Waals surface area contributed by atoms with Crippen molar-refractivity contribution in [3.63, 3.8) is 0 Å². The average molecular weight is 699 g/mol. The Morgan fingerprint density at radius 1 is 1.16 bits per heavy atom. The zero-order chi connectivity index (χ0) is 35.1. The molecule has 2 aliphatic heterocycles. The molecule has 2 aliphatic rings. The lowest BCUT2D eigenvalue weighted by Gasteiger charge is -2.38. The van der Waals surface area contributed by atoms with Crippen molar-refractivity contribution in [1.29, 1.82) is 5.26 Å². The van der Waals surface area contributed by atoms with Crippen LogP contribution in [0.1, 0.15) is 49.3 Å². The van der Waals surface area contributed by atoms with Crippen molar-refractivity contribution < 1.29 is 18.7 Å². The molecule has 0 aliphatic carbocycles. The maximum atomic E-state index is 17.2. The van der Waals surface area contributed by atoms with E-state index in [2.05, 4.69) is 28.2 Å². The summed E-state index contributed by atoms with van der Waals surface area (Å²) in [7, 11) is 3.65. The van der Waals surface area contributed by atoms with Gasteiger partial charge in [-0.2, -0.15) is 15.5 Å². The summed E-state index contributed by atoms with van der Waals surface area (Å²) in [4.78, 5) is 21.9. The van der Waals surface area contributed by atoms with Gasteiger partial charge in [0.2, 0.25) is 11.8 Å². The minimum absolute atomic E-state index is 0.135. The number of benzene rings is 2. The van der Waals surface area contributed by atoms with Gasteiger partial charge < -0.3 is 19.3 Å². The van der Waals surface area contributed by atoms with E-state index in [4.69, 9.17) is 31.2 Å². The van der Waals surface area contributed by atoms with Crippen molar-refractivity contribution in [3.8, 4) is 23.1 Å². The number of hydrogen-bond acceptors (Lipinski definition) is 8. The highest BCUT2D eigenvalue weighted by atomic mass is 35.5. The van der Waals surface area contributed by atoms with Gasteiger partial charge in [-0.25, -0.2) is 9.37 Å². The van der Waals surface area contributed by atoms with Gasteiger partial charge in [0.15, 0.2) is 5.82 Å². The van der Waals surface area contributed by atoms with Crippen molar-refractivity contribution in [2.75, 3.05) is 40.5 Å². The molecule has 2 saturated heterocycles. The van der Waals surface area contributed by atoms with Crippen LogP contribution in [0.2, 0.25) is 5.02 Å². The van der Waals surface area contributed by atoms with E-state index in [9.17, 15) is 10.1 Å². The first-order valence-electron chi connectivity index (χ1n) is 17.0. The summed E-state index contributed by atoms with van der Waals surface area (Å²) in [5, 5.41) is 24.0. The molecule has 2 aromatic carbocycles. The number of pyridine rings is 1. The minimum atomic E-state index is -0.549. The van der Waals surface area contributed by atoms with Crippen molar-refractivity contribution in [3.05, 3.63) is 58.6 Å². The number of aromatic amines is 1. The number of H-pyrrole nitrogens is 1. The summed E-state index contributed by atoms with van der Waals surface area (Å²) >= 11 is 7.05. The number of piperidine rings is 1. The van der Waals surface area contributed by atoms with Gasteiger partial charge in [0.05, 0.1) is 59.0 Å². The Kier molecular flexibility index (Phi) is 9.48. The van der Waals surface area contributed by atoms with Crippen LogP contribution in [0.25, 0.3) is 43.8 Å². The molecule has 50 heavy (non-hydrogen) atoms. The number of carbonyl (C=O) groups excluding carboxylic acids is 1. The molecule has 1 unspecified atom stereocenters. The summed E-state index contributed by atoms with van der Waals surface area (Å²) in [5.74, 6) is -0.398. The molecule has 1 N–H and O–H groups in total. The molecule has 5 aromatic rings. The molecule has 3 aromatic heterocycles. The number of carbonyl (C=O) groups is 1. The summed E-state index contributed by atoms with van der Waals surface area (Å²) in [6.07, 6.45) is 9.94. The summed E-state index contributed by atoms with van der Waals surface area (Å²) in [6.45, 7) is 6.09. The van der Waals surface area contributed by atoms with E-state index in [0.29, 0.717) is 60.3 Å². The average Bonchev–Trinajstić information content (AvgIpc) is 3.86. The monoisotopic (exact) mass is 698 g/mol. The number of hydrogen-bond donors (Lipinski definition) is 1. The fourth-order valence-corrected chi connectivity index (χ4v) is 7.95. The molecule has 3 atom stereocenters. The normalized spacial score (nSPS) is 20.1. The van der Waals surface area contributed by atoms with Gasteiger partial charge in [0.1, 0.15) is 12.1 Å². The molecular weight excluding hydrogens is 659 g/mol. The van der Waals surface area contributed by atoms with E-state index in [1.54, 1.807) is 36.5 Å². The number of nitrogens with zero attached hydrogens (tertiary/aromatic N) is 7. The lowest BCUT2D eigenvalue weighted by molar-refractivity contribution is -0.130. The van der Waals surface area contributed by atoms with Crippen LogP contribution >= 0.6 is 11.6 Å². The Bertz CT molecular complexity index is 2170. The maximum Gasteiger partial charge on any atom is 0.246 e. The van der Waals surface area contributed by atoms with E-state index < -0.39 is 5.82 Å². The van der Waals surface area contributed by atoms with Gasteiger partial charge in [-0.15, -0.1) is 0 Å². The lowest BCUT2D eigenvalue weighted by atomic mass is 9.92. The molecule has 5 heterocycles. The molecule has 7 rings (SSSR count). The Hall–Kier alpha value is -4.57. The fourth-order valence-electron chi connectivity index (χ4n) is 7.66. The van der Waals surface area contributed by atoms with Gasteiger partial charge in [0.25, 0.3) is 0 Å². The van der Waals surface area contributed by atoms with Crippen LogP contribution in [0, 0.1) is 31.0 Å². The predicted molar refractivity (Wildman–Crippen MR) is 191 cm³/mol. The molecule has 0 spiro atoms. The number of nitriles is 1. The van der Waals surface area contributed by atoms with Crippen LogP contribution in [0.3, 0.4) is 0 Å². The number of rotatable bonds is 9. The lowest BCUT2D eigenvalue weighted by Crippen LogP contribution is -2.46. The van der Waals surface area contributed by atoms with Crippen molar-refractivity contribution in [2.45, 2.75) is 64.1 Å². The SMILES string of the molecule is COC/C=C/C(=O)N1CC[C@H](n2ncc3c(OCC4CCCN4C)nc4c(F)c(-c5c(C)c(C)cc6[nH]ncc56)c(Cl)cc4c32)C[C@H]1CC#N. The summed E-state index contributed by atoms with van der Waals surface area (Å²) in [5.41, 5.74) is 4.38. The van der Waals surface area contributed by atoms with Gasteiger partial charge in [-0.1, -0.05) is 17.7 Å². The van der Waals surface area contributed by atoms with Gasteiger partial charge >= 0.3 is 0 Å². The van der Waals surface area contributed by atoms with E-state index in [0.717, 1.165) is 41.4 Å². The Morgan fingerprint density at radius 2 is 2.00 bits per heavy atom. The second-order valence-corrected chi connectivity index (χ2v) is 13.8. The third kappa shape index (κ3) is 5.97. The highest BCUT2D eigenvalue weighted by Gasteiger charge is 2.34. The van der Waals surface area contributed by atoms with Crippen LogP contribution in [0.4, 0.5) is 4.39 Å². The number of fused-ring (bicyclic) bond motifs is 4. The molecule has 11 nitrogen and oxygen atoms in total. The molecule has 2 fully saturated rings. The highest BCUT2D eigenvalue weighted by molar-refractivity contribution is 6.35. The Balaban J connectivity index is 1.37. The first kappa shape index (κ1) is 33.9. The Labute approximate surface area is 294 Å². The van der Waals surface area contributed by atoms with Crippen LogP contribution in [-0.2, 0) is 9.53 Å². The van der Waals surface area contributed by atoms with Crippen LogP contribution in [0.5, 0.6) is 5.88 Å². The zero-order valence-electron chi connectivity index (χ0n) is 28.7. The number of aryl methyl sites for hydroxylation is 1. The van der Waals surface area contributed by atoms with E-state index >= 15 is 4.39 Å². The fraction of sp³-hybridized carbons (Fsp3) is 0.432. The molecule has 1 amide bonds. The number of ether oxygens (including phenoxy) is 2. The van der Waals surface area contributed by atoms with E-state index in [1.807, 2.05) is 24.6 Å². The standard InChI is InChI=1S/C37H40ClFN8O3/c1-21-15-30-27(18-41-44-30)32(22(21)2)33-29(38)17-26-35(34(33)39)43-37(50-20-25-7-5-12-45(25)3)28-19-42-47(36(26)28)24-10-13-46(23(16-24)9-11-40)31(48)8-6-14-49-4/h6,8,15,17-19,23-25H,5,7,9-10,12-14,16,20H2,1-4H3,(H,41,44)/b8-6+/t23-,24+,25?/m1/s1. The smallest absolute Gasteiger partial charge is 0.246 e. The summed E-state index contributed by atoms with van der Waals surface area (Å²) in [6, 6.07) is 5.74. The van der Waals surface area contributed by atoms with Gasteiger partial charge in [0, 0.05) is 53.7 Å². The van der Waals surface area contributed by atoms with E-state index in [1.165, 1.54) is 6.08 Å². The van der Waals surface area contributed by atoms with Crippen LogP contribution in [-0.4, -0.2) is 93.2 Å². The third-order valence-corrected chi connectivity index (χ3v) is 10.8. The van der Waals surface area contributed by atoms with Crippen LogP contribution in [0.15, 0.2) is 36.7 Å². The second kappa shape index (κ2) is 14.0. The van der Waals surface area contributed by atoms with Crippen LogP contribution < -0.4 is 4.74 Å². The number of likely N-dealkylation sites (N-methyl/N-ethyl adjacent to an activating group) is 1. The number of methoxy groups -OCH3 is 1.